The average molecular weight is 484 g/mol. The van der Waals surface area contributed by atoms with Crippen LogP contribution in [0.25, 0.3) is 10.2 Å². The third kappa shape index (κ3) is 4.88. The minimum absolute atomic E-state index is 0.119. The summed E-state index contributed by atoms with van der Waals surface area (Å²) in [7, 11) is -3.65. The highest BCUT2D eigenvalue weighted by atomic mass is 32.2. The molecule has 1 unspecified atom stereocenters. The molecule has 33 heavy (non-hydrogen) atoms. The Morgan fingerprint density at radius 1 is 1.27 bits per heavy atom. The molecule has 3 aromatic rings. The molecule has 1 saturated heterocycles. The number of amides is 1. The molecule has 1 aromatic heterocycles. The van der Waals surface area contributed by atoms with Crippen LogP contribution in [-0.4, -0.2) is 42.9 Å². The number of aromatic nitrogens is 1. The van der Waals surface area contributed by atoms with E-state index in [1.165, 1.54) is 15.6 Å². The number of benzene rings is 2. The van der Waals surface area contributed by atoms with Gasteiger partial charge in [0, 0.05) is 13.1 Å². The van der Waals surface area contributed by atoms with Crippen LogP contribution in [0.2, 0.25) is 0 Å². The molecule has 0 saturated carbocycles. The zero-order valence-electron chi connectivity index (χ0n) is 18.3. The van der Waals surface area contributed by atoms with Crippen molar-refractivity contribution >= 4 is 37.5 Å². The first kappa shape index (κ1) is 23.2. The Morgan fingerprint density at radius 2 is 2.06 bits per heavy atom. The number of rotatable bonds is 6. The molecule has 1 aliphatic heterocycles. The first-order valence-corrected chi connectivity index (χ1v) is 13.0. The third-order valence-corrected chi connectivity index (χ3v) is 8.46. The van der Waals surface area contributed by atoms with Gasteiger partial charge in [-0.3, -0.25) is 4.79 Å². The molecule has 0 spiro atoms. The smallest absolute Gasteiger partial charge is 0.252 e. The molecule has 2 aromatic carbocycles. The molecular weight excluding hydrogens is 458 g/mol. The predicted octanol–water partition coefficient (Wildman–Crippen LogP) is 3.26. The topological polar surface area (TPSA) is 81.0 Å². The van der Waals surface area contributed by atoms with Crippen molar-refractivity contribution in [1.29, 1.82) is 0 Å². The van der Waals surface area contributed by atoms with Crippen molar-refractivity contribution in [3.63, 3.8) is 0 Å². The minimum Gasteiger partial charge on any atom is -0.494 e. The first-order chi connectivity index (χ1) is 15.9. The second-order valence-electron chi connectivity index (χ2n) is 7.70. The molecule has 1 amide bonds. The van der Waals surface area contributed by atoms with E-state index in [0.29, 0.717) is 30.8 Å². The summed E-state index contributed by atoms with van der Waals surface area (Å²) < 4.78 is 35.7. The predicted molar refractivity (Wildman–Crippen MR) is 128 cm³/mol. The van der Waals surface area contributed by atoms with E-state index in [-0.39, 0.29) is 23.9 Å². The quantitative estimate of drug-likeness (QED) is 0.504. The number of terminal acetylenes is 1. The van der Waals surface area contributed by atoms with Crippen molar-refractivity contribution in [3.8, 4) is 18.1 Å². The van der Waals surface area contributed by atoms with Gasteiger partial charge in [-0.15, -0.1) is 6.42 Å². The van der Waals surface area contributed by atoms with Gasteiger partial charge >= 0.3 is 0 Å². The summed E-state index contributed by atoms with van der Waals surface area (Å²) >= 11 is 1.37. The second-order valence-corrected chi connectivity index (χ2v) is 10.6. The van der Waals surface area contributed by atoms with Gasteiger partial charge in [-0.05, 0) is 50.1 Å². The van der Waals surface area contributed by atoms with Crippen molar-refractivity contribution in [2.45, 2.75) is 31.2 Å². The van der Waals surface area contributed by atoms with Crippen molar-refractivity contribution in [3.05, 3.63) is 53.3 Å². The molecule has 0 aliphatic carbocycles. The molecule has 7 nitrogen and oxygen atoms in total. The van der Waals surface area contributed by atoms with Crippen molar-refractivity contribution < 1.29 is 17.9 Å². The van der Waals surface area contributed by atoms with Gasteiger partial charge in [-0.2, -0.15) is 9.30 Å². The summed E-state index contributed by atoms with van der Waals surface area (Å²) in [5.41, 5.74) is 0.880. The molecule has 0 bridgehead atoms. The Kier molecular flexibility index (Phi) is 6.98. The zero-order valence-corrected chi connectivity index (χ0v) is 19.9. The fraction of sp³-hybridized carbons (Fsp3) is 0.333. The van der Waals surface area contributed by atoms with Crippen LogP contribution in [0, 0.1) is 18.3 Å². The van der Waals surface area contributed by atoms with Crippen LogP contribution in [0.5, 0.6) is 5.75 Å². The van der Waals surface area contributed by atoms with Crippen LogP contribution in [-0.2, 0) is 21.4 Å². The summed E-state index contributed by atoms with van der Waals surface area (Å²) in [5.74, 6) is 2.53. The number of thiazole rings is 1. The third-order valence-electron chi connectivity index (χ3n) is 5.53. The van der Waals surface area contributed by atoms with Crippen LogP contribution >= 0.6 is 11.3 Å². The molecular formula is C24H25N3O4S2. The minimum atomic E-state index is -3.65. The van der Waals surface area contributed by atoms with Crippen LogP contribution < -0.4 is 9.54 Å². The largest absolute Gasteiger partial charge is 0.494 e. The van der Waals surface area contributed by atoms with Gasteiger partial charge in [0.2, 0.25) is 10.0 Å². The maximum Gasteiger partial charge on any atom is 0.252 e. The number of hydrogen-bond acceptors (Lipinski definition) is 5. The number of fused-ring (bicyclic) bond motifs is 1. The maximum atomic E-state index is 13.1. The first-order valence-electron chi connectivity index (χ1n) is 10.8. The lowest BCUT2D eigenvalue weighted by molar-refractivity contribution is -0.122. The van der Waals surface area contributed by atoms with Crippen LogP contribution in [0.1, 0.15) is 19.8 Å². The van der Waals surface area contributed by atoms with Crippen LogP contribution in [0.3, 0.4) is 0 Å². The van der Waals surface area contributed by atoms with E-state index >= 15 is 0 Å². The van der Waals surface area contributed by atoms with Gasteiger partial charge in [0.05, 0.1) is 34.2 Å². The maximum absolute atomic E-state index is 13.1. The number of sulfonamides is 1. The molecule has 1 atom stereocenters. The molecule has 4 rings (SSSR count). The highest BCUT2D eigenvalue weighted by Crippen LogP contribution is 2.26. The summed E-state index contributed by atoms with van der Waals surface area (Å²) in [6.07, 6.45) is 6.76. The lowest BCUT2D eigenvalue weighted by Gasteiger charge is -2.30. The lowest BCUT2D eigenvalue weighted by Crippen LogP contribution is -2.42. The number of hydrogen-bond donors (Lipinski definition) is 0. The Morgan fingerprint density at radius 3 is 2.79 bits per heavy atom. The standard InChI is InChI=1S/C24H25N3O4S2/c1-3-14-27-21-13-12-19(31-4-2)16-22(21)32-24(27)25-23(28)18-9-8-15-26(17-18)33(29,30)20-10-6-5-7-11-20/h1,5-7,10-13,16,18H,4,8-9,14-15,17H2,2H3. The van der Waals surface area contributed by atoms with E-state index in [0.717, 1.165) is 16.0 Å². The van der Waals surface area contributed by atoms with Gasteiger partial charge in [0.15, 0.2) is 4.80 Å². The Bertz CT molecular complexity index is 1370. The van der Waals surface area contributed by atoms with Gasteiger partial charge in [-0.1, -0.05) is 35.5 Å². The van der Waals surface area contributed by atoms with Gasteiger partial charge in [-0.25, -0.2) is 8.42 Å². The molecule has 1 fully saturated rings. The number of carbonyl (C=O) groups is 1. The Balaban J connectivity index is 1.63. The summed E-state index contributed by atoms with van der Waals surface area (Å²) in [6.45, 7) is 3.26. The molecule has 2 heterocycles. The van der Waals surface area contributed by atoms with Crippen LogP contribution in [0.15, 0.2) is 58.4 Å². The fourth-order valence-corrected chi connectivity index (χ4v) is 6.54. The van der Waals surface area contributed by atoms with E-state index < -0.39 is 15.9 Å². The number of piperidine rings is 1. The van der Waals surface area contributed by atoms with E-state index in [4.69, 9.17) is 11.2 Å². The van der Waals surface area contributed by atoms with E-state index in [1.807, 2.05) is 29.7 Å². The normalized spacial score (nSPS) is 17.7. The lowest BCUT2D eigenvalue weighted by atomic mass is 9.99. The number of nitrogens with zero attached hydrogens (tertiary/aromatic N) is 3. The van der Waals surface area contributed by atoms with Crippen molar-refractivity contribution in [1.82, 2.24) is 8.87 Å². The summed E-state index contributed by atoms with van der Waals surface area (Å²) in [4.78, 5) is 18.2. The van der Waals surface area contributed by atoms with Crippen molar-refractivity contribution in [2.75, 3.05) is 19.7 Å². The van der Waals surface area contributed by atoms with Gasteiger partial charge in [0.25, 0.3) is 5.91 Å². The van der Waals surface area contributed by atoms with E-state index in [2.05, 4.69) is 10.9 Å². The van der Waals surface area contributed by atoms with E-state index in [9.17, 15) is 13.2 Å². The number of ether oxygens (including phenoxy) is 1. The van der Waals surface area contributed by atoms with Gasteiger partial charge < -0.3 is 9.30 Å². The zero-order chi connectivity index (χ0) is 23.4. The Labute approximate surface area is 197 Å². The van der Waals surface area contributed by atoms with Crippen molar-refractivity contribution in [2.24, 2.45) is 10.9 Å². The molecule has 0 N–H and O–H groups in total. The molecule has 9 heteroatoms. The fourth-order valence-electron chi connectivity index (χ4n) is 3.93. The highest BCUT2D eigenvalue weighted by Gasteiger charge is 2.33. The highest BCUT2D eigenvalue weighted by molar-refractivity contribution is 7.89. The molecule has 0 radical (unpaired) electrons. The summed E-state index contributed by atoms with van der Waals surface area (Å²) in [5, 5.41) is 0. The number of carbonyl (C=O) groups excluding carboxylic acids is 1. The van der Waals surface area contributed by atoms with Gasteiger partial charge in [0.1, 0.15) is 5.75 Å². The Hall–Kier alpha value is -2.93. The SMILES string of the molecule is C#CCn1c(=NC(=O)C2CCCN(S(=O)(=O)c3ccccc3)C2)sc2cc(OCC)ccc21. The molecule has 1 aliphatic rings. The van der Waals surface area contributed by atoms with E-state index in [1.54, 1.807) is 30.3 Å². The second kappa shape index (κ2) is 9.91. The average Bonchev–Trinajstić information content (AvgIpc) is 3.16. The van der Waals surface area contributed by atoms with Crippen LogP contribution in [0.4, 0.5) is 0 Å². The monoisotopic (exact) mass is 483 g/mol. The summed E-state index contributed by atoms with van der Waals surface area (Å²) in [6, 6.07) is 14.0. The molecule has 172 valence electrons.